The van der Waals surface area contributed by atoms with Gasteiger partial charge in [0.2, 0.25) is 5.91 Å². The van der Waals surface area contributed by atoms with Gasteiger partial charge < -0.3 is 4.90 Å². The molecule has 2 aliphatic rings. The van der Waals surface area contributed by atoms with Crippen LogP contribution in [0.3, 0.4) is 0 Å². The van der Waals surface area contributed by atoms with Crippen LogP contribution < -0.4 is 0 Å². The van der Waals surface area contributed by atoms with Gasteiger partial charge in [-0.05, 0) is 57.3 Å². The third-order valence-corrected chi connectivity index (χ3v) is 5.36. The molecule has 0 unspecified atom stereocenters. The number of rotatable bonds is 3. The Morgan fingerprint density at radius 1 is 1.04 bits per heavy atom. The molecule has 24 heavy (non-hydrogen) atoms. The molecule has 6 nitrogen and oxygen atoms in total. The van der Waals surface area contributed by atoms with Gasteiger partial charge in [0.1, 0.15) is 5.82 Å². The number of pyridine rings is 1. The average molecular weight is 327 g/mol. The molecule has 2 aromatic heterocycles. The van der Waals surface area contributed by atoms with Crippen LogP contribution in [0.4, 0.5) is 0 Å². The molecule has 0 atom stereocenters. The lowest BCUT2D eigenvalue weighted by atomic mass is 9.96. The van der Waals surface area contributed by atoms with Crippen molar-refractivity contribution in [3.63, 3.8) is 0 Å². The van der Waals surface area contributed by atoms with Gasteiger partial charge in [-0.15, -0.1) is 10.2 Å². The number of aromatic nitrogens is 3. The van der Waals surface area contributed by atoms with Gasteiger partial charge in [-0.1, -0.05) is 6.07 Å². The normalized spacial score (nSPS) is 20.6. The monoisotopic (exact) mass is 327 g/mol. The van der Waals surface area contributed by atoms with Gasteiger partial charge >= 0.3 is 0 Å². The lowest BCUT2D eigenvalue weighted by Gasteiger charge is -2.33. The number of piperidine rings is 2. The van der Waals surface area contributed by atoms with Crippen LogP contribution in [0.1, 0.15) is 43.8 Å². The van der Waals surface area contributed by atoms with Crippen molar-refractivity contribution in [1.82, 2.24) is 24.4 Å². The Hall–Kier alpha value is -1.95. The lowest BCUT2D eigenvalue weighted by molar-refractivity contribution is -0.133. The first-order valence-corrected chi connectivity index (χ1v) is 9.11. The van der Waals surface area contributed by atoms with Gasteiger partial charge in [0, 0.05) is 25.2 Å². The average Bonchev–Trinajstić information content (AvgIpc) is 3.07. The largest absolute Gasteiger partial charge is 0.342 e. The van der Waals surface area contributed by atoms with Crippen molar-refractivity contribution >= 4 is 11.6 Å². The van der Waals surface area contributed by atoms with Crippen molar-refractivity contribution in [1.29, 1.82) is 0 Å². The Morgan fingerprint density at radius 2 is 1.83 bits per heavy atom. The van der Waals surface area contributed by atoms with Crippen LogP contribution in [0.15, 0.2) is 24.4 Å². The third kappa shape index (κ3) is 3.15. The summed E-state index contributed by atoms with van der Waals surface area (Å²) in [6.45, 7) is 4.40. The van der Waals surface area contributed by atoms with E-state index in [0.717, 1.165) is 63.3 Å². The van der Waals surface area contributed by atoms with Crippen molar-refractivity contribution in [2.24, 2.45) is 0 Å². The molecule has 4 rings (SSSR count). The van der Waals surface area contributed by atoms with Gasteiger partial charge in [-0.25, -0.2) is 0 Å². The summed E-state index contributed by atoms with van der Waals surface area (Å²) in [5, 5.41) is 8.66. The second kappa shape index (κ2) is 6.89. The molecule has 128 valence electrons. The predicted molar refractivity (Wildman–Crippen MR) is 91.8 cm³/mol. The van der Waals surface area contributed by atoms with E-state index >= 15 is 0 Å². The SMILES string of the molecule is O=C(CN1CCC(c2nnc3ccccn23)CC1)N1CCCCC1. The Labute approximate surface area is 142 Å². The van der Waals surface area contributed by atoms with Crippen LogP contribution in [0.25, 0.3) is 5.65 Å². The number of hydrogen-bond acceptors (Lipinski definition) is 4. The van der Waals surface area contributed by atoms with Crippen LogP contribution in [-0.4, -0.2) is 63.0 Å². The summed E-state index contributed by atoms with van der Waals surface area (Å²) in [6, 6.07) is 6.00. The minimum atomic E-state index is 0.307. The molecule has 6 heteroatoms. The number of nitrogens with zero attached hydrogens (tertiary/aromatic N) is 5. The van der Waals surface area contributed by atoms with Crippen molar-refractivity contribution in [2.45, 2.75) is 38.0 Å². The number of fused-ring (bicyclic) bond motifs is 1. The number of hydrogen-bond donors (Lipinski definition) is 0. The molecule has 0 radical (unpaired) electrons. The number of carbonyl (C=O) groups excluding carboxylic acids is 1. The van der Waals surface area contributed by atoms with E-state index in [-0.39, 0.29) is 0 Å². The number of likely N-dealkylation sites (tertiary alicyclic amines) is 2. The molecule has 1 amide bonds. The molecule has 4 heterocycles. The zero-order valence-electron chi connectivity index (χ0n) is 14.1. The molecule has 2 saturated heterocycles. The maximum Gasteiger partial charge on any atom is 0.236 e. The first-order valence-electron chi connectivity index (χ1n) is 9.11. The molecule has 2 aliphatic heterocycles. The van der Waals surface area contributed by atoms with Gasteiger partial charge in [-0.3, -0.25) is 14.1 Å². The van der Waals surface area contributed by atoms with Gasteiger partial charge in [0.15, 0.2) is 5.65 Å². The fourth-order valence-corrected chi connectivity index (χ4v) is 3.92. The predicted octanol–water partition coefficient (Wildman–Crippen LogP) is 1.92. The second-order valence-corrected chi connectivity index (χ2v) is 6.98. The number of carbonyl (C=O) groups is 1. The summed E-state index contributed by atoms with van der Waals surface area (Å²) in [4.78, 5) is 16.8. The minimum absolute atomic E-state index is 0.307. The second-order valence-electron chi connectivity index (χ2n) is 6.98. The molecule has 0 aliphatic carbocycles. The fraction of sp³-hybridized carbons (Fsp3) is 0.611. The fourth-order valence-electron chi connectivity index (χ4n) is 3.92. The van der Waals surface area contributed by atoms with Crippen LogP contribution in [0, 0.1) is 0 Å². The van der Waals surface area contributed by atoms with Crippen LogP contribution >= 0.6 is 0 Å². The number of amides is 1. The highest BCUT2D eigenvalue weighted by Crippen LogP contribution is 2.27. The van der Waals surface area contributed by atoms with Gasteiger partial charge in [0.25, 0.3) is 0 Å². The summed E-state index contributed by atoms with van der Waals surface area (Å²) in [5.41, 5.74) is 0.912. The van der Waals surface area contributed by atoms with Crippen molar-refractivity contribution in [2.75, 3.05) is 32.7 Å². The Bertz CT molecular complexity index is 698. The highest BCUT2D eigenvalue weighted by Gasteiger charge is 2.26. The molecule has 2 aromatic rings. The van der Waals surface area contributed by atoms with Crippen LogP contribution in [0.2, 0.25) is 0 Å². The molecule has 0 bridgehead atoms. The van der Waals surface area contributed by atoms with E-state index in [1.165, 1.54) is 6.42 Å². The molecule has 0 aromatic carbocycles. The Morgan fingerprint density at radius 3 is 2.62 bits per heavy atom. The standard InChI is InChI=1S/C18H25N5O/c24-17(22-9-3-1-4-10-22)14-21-12-7-15(8-13-21)18-20-19-16-6-2-5-11-23(16)18/h2,5-6,11,15H,1,3-4,7-10,12-14H2. The molecular weight excluding hydrogens is 302 g/mol. The summed E-state index contributed by atoms with van der Waals surface area (Å²) >= 11 is 0. The molecule has 0 saturated carbocycles. The quantitative estimate of drug-likeness (QED) is 0.864. The summed E-state index contributed by atoms with van der Waals surface area (Å²) in [7, 11) is 0. The van der Waals surface area contributed by atoms with E-state index in [1.54, 1.807) is 0 Å². The smallest absolute Gasteiger partial charge is 0.236 e. The van der Waals surface area contributed by atoms with E-state index in [0.29, 0.717) is 18.4 Å². The van der Waals surface area contributed by atoms with Crippen molar-refractivity contribution in [3.05, 3.63) is 30.2 Å². The summed E-state index contributed by atoms with van der Waals surface area (Å²) < 4.78 is 2.10. The van der Waals surface area contributed by atoms with Crippen LogP contribution in [0.5, 0.6) is 0 Å². The molecular formula is C18H25N5O. The Kier molecular flexibility index (Phi) is 4.47. The van der Waals surface area contributed by atoms with Crippen LogP contribution in [-0.2, 0) is 4.79 Å². The van der Waals surface area contributed by atoms with E-state index in [2.05, 4.69) is 19.5 Å². The zero-order chi connectivity index (χ0) is 16.4. The van der Waals surface area contributed by atoms with Gasteiger partial charge in [0.05, 0.1) is 6.54 Å². The van der Waals surface area contributed by atoms with E-state index in [9.17, 15) is 4.79 Å². The first kappa shape index (κ1) is 15.6. The minimum Gasteiger partial charge on any atom is -0.342 e. The molecule has 2 fully saturated rings. The molecule has 0 spiro atoms. The van der Waals surface area contributed by atoms with E-state index < -0.39 is 0 Å². The molecule has 0 N–H and O–H groups in total. The van der Waals surface area contributed by atoms with Crippen molar-refractivity contribution in [3.8, 4) is 0 Å². The maximum absolute atomic E-state index is 12.4. The third-order valence-electron chi connectivity index (χ3n) is 5.36. The first-order chi connectivity index (χ1) is 11.8. The zero-order valence-corrected chi connectivity index (χ0v) is 14.1. The summed E-state index contributed by atoms with van der Waals surface area (Å²) in [5.74, 6) is 1.80. The van der Waals surface area contributed by atoms with E-state index in [4.69, 9.17) is 0 Å². The summed E-state index contributed by atoms with van der Waals surface area (Å²) in [6.07, 6.45) is 7.71. The topological polar surface area (TPSA) is 53.7 Å². The van der Waals surface area contributed by atoms with E-state index in [1.807, 2.05) is 29.3 Å². The maximum atomic E-state index is 12.4. The van der Waals surface area contributed by atoms with Crippen molar-refractivity contribution < 1.29 is 4.79 Å². The highest BCUT2D eigenvalue weighted by atomic mass is 16.2. The van der Waals surface area contributed by atoms with Gasteiger partial charge in [-0.2, -0.15) is 0 Å². The lowest BCUT2D eigenvalue weighted by Crippen LogP contribution is -2.44. The Balaban J connectivity index is 1.34. The highest BCUT2D eigenvalue weighted by molar-refractivity contribution is 5.78.